The highest BCUT2D eigenvalue weighted by atomic mass is 16.3. The zero-order valence-electron chi connectivity index (χ0n) is 18.1. The molecule has 2 aromatic rings. The molecule has 0 saturated heterocycles. The van der Waals surface area contributed by atoms with Crippen molar-refractivity contribution >= 4 is 22.8 Å². The lowest BCUT2D eigenvalue weighted by Gasteiger charge is -2.33. The first-order valence-corrected chi connectivity index (χ1v) is 10.4. The first kappa shape index (κ1) is 21.8. The van der Waals surface area contributed by atoms with Crippen LogP contribution in [-0.2, 0) is 0 Å². The van der Waals surface area contributed by atoms with Gasteiger partial charge in [-0.1, -0.05) is 31.5 Å². The van der Waals surface area contributed by atoms with E-state index in [0.29, 0.717) is 5.69 Å². The van der Waals surface area contributed by atoms with E-state index in [1.165, 1.54) is 0 Å². The van der Waals surface area contributed by atoms with Gasteiger partial charge in [0.05, 0.1) is 28.3 Å². The third-order valence-corrected chi connectivity index (χ3v) is 4.77. The molecular formula is C23H30N6O. The normalized spacial score (nSPS) is 19.8. The molecule has 7 nitrogen and oxygen atoms in total. The number of unbranched alkanes of at least 4 members (excludes halogenated alkanes) is 1. The van der Waals surface area contributed by atoms with Gasteiger partial charge < -0.3 is 5.11 Å². The van der Waals surface area contributed by atoms with Crippen LogP contribution in [0.25, 0.3) is 0 Å². The maximum Gasteiger partial charge on any atom is 0.172 e. The lowest BCUT2D eigenvalue weighted by Crippen LogP contribution is -2.45. The summed E-state index contributed by atoms with van der Waals surface area (Å²) in [5, 5.41) is 34.4. The fraction of sp³-hybridized carbons (Fsp3) is 0.435. The molecule has 2 atom stereocenters. The van der Waals surface area contributed by atoms with Gasteiger partial charge in [-0.05, 0) is 70.0 Å². The molecule has 0 aromatic heterocycles. The zero-order chi connectivity index (χ0) is 21.6. The van der Waals surface area contributed by atoms with Gasteiger partial charge in [0.1, 0.15) is 0 Å². The second-order valence-electron chi connectivity index (χ2n) is 8.34. The molecule has 0 saturated carbocycles. The summed E-state index contributed by atoms with van der Waals surface area (Å²) in [4.78, 5) is 0. The smallest absolute Gasteiger partial charge is 0.172 e. The Kier molecular flexibility index (Phi) is 7.05. The van der Waals surface area contributed by atoms with Gasteiger partial charge in [0.2, 0.25) is 0 Å². The van der Waals surface area contributed by atoms with Crippen molar-refractivity contribution in [1.82, 2.24) is 5.01 Å². The van der Waals surface area contributed by atoms with Crippen LogP contribution in [0.5, 0.6) is 0 Å². The SMILES string of the molecule is CCCCC1=NN(C(C)(C)C)C(O)C1N=Nc1ccc(N=Nc2ccccc2)cc1. The molecule has 0 radical (unpaired) electrons. The zero-order valence-corrected chi connectivity index (χ0v) is 18.1. The molecule has 1 N–H and O–H groups in total. The van der Waals surface area contributed by atoms with Gasteiger partial charge in [0, 0.05) is 0 Å². The fourth-order valence-electron chi connectivity index (χ4n) is 3.12. The molecule has 1 aliphatic rings. The summed E-state index contributed by atoms with van der Waals surface area (Å²) in [7, 11) is 0. The number of nitrogens with zero attached hydrogens (tertiary/aromatic N) is 6. The number of rotatable bonds is 7. The number of hydrogen-bond acceptors (Lipinski definition) is 7. The molecule has 2 unspecified atom stereocenters. The highest BCUT2D eigenvalue weighted by Gasteiger charge is 2.40. The maximum atomic E-state index is 10.8. The third-order valence-electron chi connectivity index (χ3n) is 4.77. The largest absolute Gasteiger partial charge is 0.370 e. The quantitative estimate of drug-likeness (QED) is 0.530. The molecule has 0 fully saturated rings. The average molecular weight is 407 g/mol. The number of benzene rings is 2. The van der Waals surface area contributed by atoms with Crippen LogP contribution in [0.2, 0.25) is 0 Å². The van der Waals surface area contributed by atoms with E-state index in [0.717, 1.165) is 36.3 Å². The summed E-state index contributed by atoms with van der Waals surface area (Å²) in [6.07, 6.45) is 2.08. The Bertz CT molecular complexity index is 900. The van der Waals surface area contributed by atoms with Crippen LogP contribution in [0.15, 0.2) is 80.2 Å². The van der Waals surface area contributed by atoms with Crippen molar-refractivity contribution in [3.63, 3.8) is 0 Å². The second-order valence-corrected chi connectivity index (χ2v) is 8.34. The number of hydrogen-bond donors (Lipinski definition) is 1. The lowest BCUT2D eigenvalue weighted by molar-refractivity contribution is -0.0391. The maximum absolute atomic E-state index is 10.8. The van der Waals surface area contributed by atoms with Gasteiger partial charge in [-0.15, -0.1) is 0 Å². The molecule has 1 aliphatic heterocycles. The molecule has 0 bridgehead atoms. The summed E-state index contributed by atoms with van der Waals surface area (Å²) in [5.41, 5.74) is 2.84. The average Bonchev–Trinajstić information content (AvgIpc) is 3.06. The van der Waals surface area contributed by atoms with Crippen molar-refractivity contribution in [3.05, 3.63) is 54.6 Å². The van der Waals surface area contributed by atoms with Crippen LogP contribution in [0.3, 0.4) is 0 Å². The van der Waals surface area contributed by atoms with E-state index in [1.807, 2.05) is 75.4 Å². The van der Waals surface area contributed by atoms with Crippen LogP contribution in [-0.4, -0.2) is 33.6 Å². The van der Waals surface area contributed by atoms with Crippen molar-refractivity contribution < 1.29 is 5.11 Å². The highest BCUT2D eigenvalue weighted by Crippen LogP contribution is 2.29. The van der Waals surface area contributed by atoms with Crippen LogP contribution in [0.4, 0.5) is 17.1 Å². The van der Waals surface area contributed by atoms with Crippen LogP contribution < -0.4 is 0 Å². The van der Waals surface area contributed by atoms with Gasteiger partial charge in [0.25, 0.3) is 0 Å². The molecule has 0 spiro atoms. The van der Waals surface area contributed by atoms with E-state index in [9.17, 15) is 5.11 Å². The summed E-state index contributed by atoms with van der Waals surface area (Å²) < 4.78 is 0. The van der Waals surface area contributed by atoms with E-state index < -0.39 is 12.3 Å². The molecular weight excluding hydrogens is 376 g/mol. The van der Waals surface area contributed by atoms with Gasteiger partial charge >= 0.3 is 0 Å². The predicted octanol–water partition coefficient (Wildman–Crippen LogP) is 6.53. The van der Waals surface area contributed by atoms with E-state index in [2.05, 4.69) is 32.5 Å². The Balaban J connectivity index is 1.70. The van der Waals surface area contributed by atoms with Crippen molar-refractivity contribution in [3.8, 4) is 0 Å². The van der Waals surface area contributed by atoms with Gasteiger partial charge in [-0.25, -0.2) is 0 Å². The minimum absolute atomic E-state index is 0.285. The molecule has 30 heavy (non-hydrogen) atoms. The van der Waals surface area contributed by atoms with Crippen molar-refractivity contribution in [2.24, 2.45) is 25.6 Å². The number of azo groups is 2. The molecule has 1 heterocycles. The van der Waals surface area contributed by atoms with Gasteiger partial charge in [-0.2, -0.15) is 25.6 Å². The molecule has 3 rings (SSSR count). The van der Waals surface area contributed by atoms with Crippen LogP contribution >= 0.6 is 0 Å². The number of aliphatic hydroxyl groups is 1. The predicted molar refractivity (Wildman–Crippen MR) is 120 cm³/mol. The Morgan fingerprint density at radius 3 is 2.03 bits per heavy atom. The van der Waals surface area contributed by atoms with Gasteiger partial charge in [-0.3, -0.25) is 5.01 Å². The lowest BCUT2D eigenvalue weighted by atomic mass is 10.0. The molecule has 0 amide bonds. The van der Waals surface area contributed by atoms with E-state index in [4.69, 9.17) is 0 Å². The van der Waals surface area contributed by atoms with E-state index in [-0.39, 0.29) is 5.54 Å². The Hall–Kier alpha value is -2.93. The monoisotopic (exact) mass is 406 g/mol. The van der Waals surface area contributed by atoms with Crippen molar-refractivity contribution in [1.29, 1.82) is 0 Å². The summed E-state index contributed by atoms with van der Waals surface area (Å²) in [5.74, 6) is 0. The topological polar surface area (TPSA) is 85.3 Å². The molecule has 7 heteroatoms. The minimum Gasteiger partial charge on any atom is -0.370 e. The fourth-order valence-corrected chi connectivity index (χ4v) is 3.12. The van der Waals surface area contributed by atoms with Crippen LogP contribution in [0.1, 0.15) is 47.0 Å². The first-order valence-electron chi connectivity index (χ1n) is 10.4. The summed E-state index contributed by atoms with van der Waals surface area (Å²) >= 11 is 0. The summed E-state index contributed by atoms with van der Waals surface area (Å²) in [6.45, 7) is 8.22. The van der Waals surface area contributed by atoms with Crippen LogP contribution in [0, 0.1) is 0 Å². The Morgan fingerprint density at radius 1 is 0.900 bits per heavy atom. The highest BCUT2D eigenvalue weighted by molar-refractivity contribution is 5.91. The molecule has 2 aromatic carbocycles. The summed E-state index contributed by atoms with van der Waals surface area (Å²) in [6, 6.07) is 16.5. The molecule has 0 aliphatic carbocycles. The number of hydrazone groups is 1. The second kappa shape index (κ2) is 9.71. The van der Waals surface area contributed by atoms with Gasteiger partial charge in [0.15, 0.2) is 12.3 Å². The third kappa shape index (κ3) is 5.57. The van der Waals surface area contributed by atoms with E-state index in [1.54, 1.807) is 5.01 Å². The minimum atomic E-state index is -0.806. The molecule has 158 valence electrons. The Morgan fingerprint density at radius 2 is 1.47 bits per heavy atom. The Labute approximate surface area is 178 Å². The van der Waals surface area contributed by atoms with Crippen molar-refractivity contribution in [2.75, 3.05) is 0 Å². The van der Waals surface area contributed by atoms with Crippen molar-refractivity contribution in [2.45, 2.75) is 64.8 Å². The standard InChI is InChI=1S/C23H30N6O/c1-5-6-12-20-21(22(30)29(28-20)23(2,3)4)27-26-19-15-13-18(14-16-19)25-24-17-10-8-7-9-11-17/h7-11,13-16,21-22,30H,5-6,12H2,1-4H3. The number of aliphatic hydroxyl groups excluding tert-OH is 1. The van der Waals surface area contributed by atoms with E-state index >= 15 is 0 Å². The first-order chi connectivity index (χ1) is 14.4.